The third-order valence-electron chi connectivity index (χ3n) is 4.43. The number of methoxy groups -OCH3 is 2. The Labute approximate surface area is 176 Å². The van der Waals surface area contributed by atoms with Gasteiger partial charge < -0.3 is 19.7 Å². The Hall–Kier alpha value is -2.77. The van der Waals surface area contributed by atoms with Crippen molar-refractivity contribution in [2.24, 2.45) is 5.92 Å². The molecule has 1 saturated heterocycles. The van der Waals surface area contributed by atoms with Gasteiger partial charge in [-0.1, -0.05) is 23.1 Å². The Kier molecular flexibility index (Phi) is 6.61. The Morgan fingerprint density at radius 1 is 1.45 bits per heavy atom. The number of ether oxygens (including phenoxy) is 2. The zero-order chi connectivity index (χ0) is 21.0. The molecule has 29 heavy (non-hydrogen) atoms. The number of thiazole rings is 1. The van der Waals surface area contributed by atoms with E-state index in [0.29, 0.717) is 28.1 Å². The molecule has 10 heteroatoms. The summed E-state index contributed by atoms with van der Waals surface area (Å²) in [6.07, 6.45) is 0.113. The molecular formula is C19H20N4O4S2. The average molecular weight is 433 g/mol. The number of carbonyl (C=O) groups is 2. The van der Waals surface area contributed by atoms with Gasteiger partial charge in [-0.2, -0.15) is 5.26 Å². The van der Waals surface area contributed by atoms with Crippen LogP contribution in [0.3, 0.4) is 0 Å². The molecule has 8 nitrogen and oxygen atoms in total. The summed E-state index contributed by atoms with van der Waals surface area (Å²) in [5.74, 6) is 0.567. The topological polar surface area (TPSA) is 105 Å². The number of benzene rings is 1. The number of aromatic nitrogens is 1. The highest BCUT2D eigenvalue weighted by Gasteiger charge is 2.36. The van der Waals surface area contributed by atoms with Crippen molar-refractivity contribution in [3.05, 3.63) is 23.9 Å². The first-order valence-corrected chi connectivity index (χ1v) is 10.6. The molecule has 2 amide bonds. The largest absolute Gasteiger partial charge is 0.497 e. The van der Waals surface area contributed by atoms with Crippen molar-refractivity contribution in [2.75, 3.05) is 36.7 Å². The number of nitriles is 1. The molecule has 0 aliphatic carbocycles. The Bertz CT molecular complexity index is 970. The third kappa shape index (κ3) is 4.63. The van der Waals surface area contributed by atoms with Crippen molar-refractivity contribution in [1.29, 1.82) is 5.26 Å². The molecule has 1 aromatic carbocycles. The Balaban J connectivity index is 1.70. The number of aryl methyl sites for hydroxylation is 1. The number of hydrogen-bond donors (Lipinski definition) is 1. The molecule has 2 aromatic rings. The van der Waals surface area contributed by atoms with Crippen LogP contribution in [-0.2, 0) is 9.59 Å². The fourth-order valence-corrected chi connectivity index (χ4v) is 4.80. The fraction of sp³-hybridized carbons (Fsp3) is 0.368. The number of carbonyl (C=O) groups excluding carboxylic acids is 2. The second-order valence-corrected chi connectivity index (χ2v) is 8.51. The smallest absolute Gasteiger partial charge is 0.231 e. The van der Waals surface area contributed by atoms with E-state index < -0.39 is 5.92 Å². The summed E-state index contributed by atoms with van der Waals surface area (Å²) < 4.78 is 11.5. The summed E-state index contributed by atoms with van der Waals surface area (Å²) in [6.45, 7) is 2.09. The van der Waals surface area contributed by atoms with Gasteiger partial charge in [0.05, 0.1) is 47.6 Å². The highest BCUT2D eigenvalue weighted by molar-refractivity contribution is 8.01. The van der Waals surface area contributed by atoms with Crippen molar-refractivity contribution in [2.45, 2.75) is 17.6 Å². The van der Waals surface area contributed by atoms with Gasteiger partial charge in [0.1, 0.15) is 11.5 Å². The first kappa shape index (κ1) is 21.0. The maximum atomic E-state index is 12.7. The molecule has 1 unspecified atom stereocenters. The van der Waals surface area contributed by atoms with E-state index in [1.807, 2.05) is 6.92 Å². The Morgan fingerprint density at radius 3 is 2.93 bits per heavy atom. The second kappa shape index (κ2) is 9.15. The molecule has 0 saturated carbocycles. The van der Waals surface area contributed by atoms with E-state index in [0.717, 1.165) is 9.90 Å². The van der Waals surface area contributed by atoms with Crippen LogP contribution in [-0.4, -0.2) is 43.3 Å². The lowest BCUT2D eigenvalue weighted by atomic mass is 10.1. The number of nitrogens with zero attached hydrogens (tertiary/aromatic N) is 3. The van der Waals surface area contributed by atoms with Crippen molar-refractivity contribution >= 4 is 45.7 Å². The minimum atomic E-state index is -0.492. The normalized spacial score (nSPS) is 15.9. The molecule has 152 valence electrons. The first-order valence-electron chi connectivity index (χ1n) is 8.77. The summed E-state index contributed by atoms with van der Waals surface area (Å²) in [6, 6.07) is 7.27. The lowest BCUT2D eigenvalue weighted by Gasteiger charge is -2.20. The predicted octanol–water partition coefficient (Wildman–Crippen LogP) is 3.08. The van der Waals surface area contributed by atoms with Crippen LogP contribution in [0.1, 0.15) is 12.1 Å². The van der Waals surface area contributed by atoms with Crippen molar-refractivity contribution in [1.82, 2.24) is 4.98 Å². The van der Waals surface area contributed by atoms with Gasteiger partial charge in [0.15, 0.2) is 5.13 Å². The van der Waals surface area contributed by atoms with Crippen molar-refractivity contribution in [3.8, 4) is 17.6 Å². The molecular weight excluding hydrogens is 412 g/mol. The number of amides is 2. The molecule has 1 N–H and O–H groups in total. The highest BCUT2D eigenvalue weighted by Crippen LogP contribution is 2.36. The first-order chi connectivity index (χ1) is 14.0. The quantitative estimate of drug-likeness (QED) is 0.671. The average Bonchev–Trinajstić information content (AvgIpc) is 3.27. The maximum Gasteiger partial charge on any atom is 0.231 e. The van der Waals surface area contributed by atoms with E-state index in [9.17, 15) is 9.59 Å². The lowest BCUT2D eigenvalue weighted by molar-refractivity contribution is -0.122. The van der Waals surface area contributed by atoms with E-state index in [-0.39, 0.29) is 24.8 Å². The molecule has 3 rings (SSSR count). The summed E-state index contributed by atoms with van der Waals surface area (Å²) in [5, 5.41) is 12.0. The van der Waals surface area contributed by atoms with Crippen molar-refractivity contribution < 1.29 is 19.1 Å². The van der Waals surface area contributed by atoms with Crippen LogP contribution in [0.25, 0.3) is 0 Å². The number of nitrogens with one attached hydrogen (secondary N) is 1. The molecule has 1 aliphatic rings. The van der Waals surface area contributed by atoms with Gasteiger partial charge in [0.2, 0.25) is 11.8 Å². The van der Waals surface area contributed by atoms with Gasteiger partial charge in [0, 0.05) is 19.0 Å². The number of anilines is 2. The van der Waals surface area contributed by atoms with Gasteiger partial charge in [-0.3, -0.25) is 9.59 Å². The molecule has 1 aromatic heterocycles. The van der Waals surface area contributed by atoms with E-state index in [1.165, 1.54) is 30.2 Å². The van der Waals surface area contributed by atoms with Crippen LogP contribution in [0, 0.1) is 24.2 Å². The molecule has 0 spiro atoms. The number of hydrogen-bond acceptors (Lipinski definition) is 8. The molecule has 0 radical (unpaired) electrons. The summed E-state index contributed by atoms with van der Waals surface area (Å²) >= 11 is 2.72. The van der Waals surface area contributed by atoms with Crippen LogP contribution in [0.2, 0.25) is 0 Å². The van der Waals surface area contributed by atoms with Crippen LogP contribution in [0.15, 0.2) is 22.4 Å². The minimum absolute atomic E-state index is 0.113. The van der Waals surface area contributed by atoms with E-state index in [2.05, 4.69) is 16.4 Å². The fourth-order valence-electron chi connectivity index (χ4n) is 3.00. The third-order valence-corrected chi connectivity index (χ3v) is 6.73. The monoisotopic (exact) mass is 432 g/mol. The van der Waals surface area contributed by atoms with Crippen LogP contribution in [0.5, 0.6) is 11.5 Å². The lowest BCUT2D eigenvalue weighted by Crippen LogP contribution is -2.28. The standard InChI is InChI=1S/C19H20N4O4S2/c1-11-18(28-7-6-20)29-19(21-11)22-17(25)12-8-16(24)23(10-12)14-5-4-13(26-2)9-15(14)27-3/h4-5,9,12H,7-8,10H2,1-3H3,(H,21,22,25). The second-order valence-electron chi connectivity index (χ2n) is 6.27. The number of rotatable bonds is 7. The molecule has 1 atom stereocenters. The molecule has 0 bridgehead atoms. The van der Waals surface area contributed by atoms with Gasteiger partial charge in [0.25, 0.3) is 0 Å². The van der Waals surface area contributed by atoms with Crippen molar-refractivity contribution in [3.63, 3.8) is 0 Å². The summed E-state index contributed by atoms with van der Waals surface area (Å²) in [5.41, 5.74) is 1.38. The zero-order valence-corrected chi connectivity index (χ0v) is 17.9. The van der Waals surface area contributed by atoms with Crippen LogP contribution in [0.4, 0.5) is 10.8 Å². The van der Waals surface area contributed by atoms with Gasteiger partial charge in [-0.25, -0.2) is 4.98 Å². The Morgan fingerprint density at radius 2 is 2.24 bits per heavy atom. The van der Waals surface area contributed by atoms with Gasteiger partial charge in [-0.05, 0) is 19.1 Å². The minimum Gasteiger partial charge on any atom is -0.497 e. The van der Waals surface area contributed by atoms with E-state index >= 15 is 0 Å². The SMILES string of the molecule is COc1ccc(N2CC(C(=O)Nc3nc(C)c(SCC#N)s3)CC2=O)c(OC)c1. The van der Waals surface area contributed by atoms with Crippen LogP contribution >= 0.6 is 23.1 Å². The molecule has 2 heterocycles. The predicted molar refractivity (Wildman–Crippen MR) is 112 cm³/mol. The zero-order valence-electron chi connectivity index (χ0n) is 16.2. The highest BCUT2D eigenvalue weighted by atomic mass is 32.2. The number of thioether (sulfide) groups is 1. The molecule has 1 fully saturated rings. The summed E-state index contributed by atoms with van der Waals surface area (Å²) in [4.78, 5) is 31.1. The molecule has 1 aliphatic heterocycles. The van der Waals surface area contributed by atoms with E-state index in [4.69, 9.17) is 14.7 Å². The van der Waals surface area contributed by atoms with E-state index in [1.54, 1.807) is 30.2 Å². The summed E-state index contributed by atoms with van der Waals surface area (Å²) in [7, 11) is 3.08. The van der Waals surface area contributed by atoms with Gasteiger partial charge >= 0.3 is 0 Å². The maximum absolute atomic E-state index is 12.7. The van der Waals surface area contributed by atoms with Crippen LogP contribution < -0.4 is 19.7 Å². The van der Waals surface area contributed by atoms with Gasteiger partial charge in [-0.15, -0.1) is 0 Å².